The lowest BCUT2D eigenvalue weighted by atomic mass is 10.2. The van der Waals surface area contributed by atoms with Crippen molar-refractivity contribution in [2.45, 2.75) is 19.4 Å². The molecule has 0 atom stereocenters. The lowest BCUT2D eigenvalue weighted by Crippen LogP contribution is -2.06. The van der Waals surface area contributed by atoms with Gasteiger partial charge in [0.25, 0.3) is 0 Å². The Labute approximate surface area is 117 Å². The first-order chi connectivity index (χ1) is 8.70. The van der Waals surface area contributed by atoms with Gasteiger partial charge in [0.1, 0.15) is 0 Å². The second-order valence-corrected chi connectivity index (χ2v) is 5.08. The van der Waals surface area contributed by atoms with E-state index >= 15 is 0 Å². The summed E-state index contributed by atoms with van der Waals surface area (Å²) < 4.78 is 2.22. The van der Waals surface area contributed by atoms with Crippen LogP contribution in [0, 0.1) is 0 Å². The third kappa shape index (κ3) is 3.29. The van der Waals surface area contributed by atoms with Gasteiger partial charge >= 0.3 is 0 Å². The Balaban J connectivity index is 2.13. The molecule has 1 aromatic heterocycles. The van der Waals surface area contributed by atoms with Crippen LogP contribution in [0.3, 0.4) is 0 Å². The van der Waals surface area contributed by atoms with Crippen molar-refractivity contribution in [3.05, 3.63) is 57.8 Å². The third-order valence-corrected chi connectivity index (χ3v) is 3.64. The van der Waals surface area contributed by atoms with Crippen molar-refractivity contribution in [3.8, 4) is 0 Å². The van der Waals surface area contributed by atoms with Crippen molar-refractivity contribution in [3.63, 3.8) is 0 Å². The number of halogens is 2. The van der Waals surface area contributed by atoms with E-state index in [1.807, 2.05) is 18.2 Å². The Hall–Kier alpha value is -0.960. The van der Waals surface area contributed by atoms with Gasteiger partial charge in [0, 0.05) is 18.4 Å². The molecule has 2 aromatic rings. The van der Waals surface area contributed by atoms with E-state index in [1.54, 1.807) is 0 Å². The zero-order chi connectivity index (χ0) is 13.0. The predicted octanol–water partition coefficient (Wildman–Crippen LogP) is 3.73. The molecule has 0 spiro atoms. The molecule has 0 aliphatic rings. The Kier molecular flexibility index (Phi) is 4.70. The number of nitrogens with zero attached hydrogens (tertiary/aromatic N) is 1. The molecule has 2 rings (SSSR count). The Bertz CT molecular complexity index is 520. The molecule has 0 amide bonds. The van der Waals surface area contributed by atoms with Gasteiger partial charge in [-0.2, -0.15) is 0 Å². The lowest BCUT2D eigenvalue weighted by Gasteiger charge is -2.10. The fourth-order valence-electron chi connectivity index (χ4n) is 1.95. The molecule has 18 heavy (non-hydrogen) atoms. The van der Waals surface area contributed by atoms with Gasteiger partial charge in [-0.1, -0.05) is 29.3 Å². The molecular formula is C14H16Cl2N2. The number of rotatable bonds is 5. The molecule has 1 aromatic carbocycles. The van der Waals surface area contributed by atoms with Gasteiger partial charge in [-0.3, -0.25) is 0 Å². The highest BCUT2D eigenvalue weighted by molar-refractivity contribution is 6.42. The molecule has 0 aliphatic heterocycles. The van der Waals surface area contributed by atoms with Crippen molar-refractivity contribution >= 4 is 23.2 Å². The van der Waals surface area contributed by atoms with E-state index < -0.39 is 0 Å². The minimum atomic E-state index is 0.594. The second kappa shape index (κ2) is 6.28. The van der Waals surface area contributed by atoms with Gasteiger partial charge in [0.15, 0.2) is 0 Å². The van der Waals surface area contributed by atoms with Crippen molar-refractivity contribution in [1.29, 1.82) is 0 Å². The Morgan fingerprint density at radius 1 is 1.11 bits per heavy atom. The maximum atomic E-state index is 6.02. The van der Waals surface area contributed by atoms with Crippen LogP contribution >= 0.6 is 23.2 Å². The summed E-state index contributed by atoms with van der Waals surface area (Å²) in [7, 11) is 0. The van der Waals surface area contributed by atoms with Crippen molar-refractivity contribution in [1.82, 2.24) is 4.57 Å². The topological polar surface area (TPSA) is 30.9 Å². The fourth-order valence-corrected chi connectivity index (χ4v) is 2.27. The number of aryl methyl sites for hydroxylation is 1. The number of nitrogens with two attached hydrogens (primary N) is 1. The zero-order valence-electron chi connectivity index (χ0n) is 10.1. The van der Waals surface area contributed by atoms with Crippen LogP contribution in [0.5, 0.6) is 0 Å². The van der Waals surface area contributed by atoms with E-state index in [-0.39, 0.29) is 0 Å². The molecule has 0 fully saturated rings. The maximum absolute atomic E-state index is 6.02. The SMILES string of the molecule is NCCCc1cccn1Cc1ccc(Cl)c(Cl)c1. The van der Waals surface area contributed by atoms with Crippen LogP contribution in [-0.4, -0.2) is 11.1 Å². The van der Waals surface area contributed by atoms with Gasteiger partial charge in [-0.15, -0.1) is 0 Å². The highest BCUT2D eigenvalue weighted by Crippen LogP contribution is 2.23. The molecular weight excluding hydrogens is 267 g/mol. The van der Waals surface area contributed by atoms with Gasteiger partial charge < -0.3 is 10.3 Å². The smallest absolute Gasteiger partial charge is 0.0595 e. The van der Waals surface area contributed by atoms with Crippen LogP contribution in [-0.2, 0) is 13.0 Å². The first-order valence-corrected chi connectivity index (χ1v) is 6.74. The summed E-state index contributed by atoms with van der Waals surface area (Å²) in [6.07, 6.45) is 4.09. The van der Waals surface area contributed by atoms with Gasteiger partial charge in [0.2, 0.25) is 0 Å². The number of benzene rings is 1. The molecule has 0 unspecified atom stereocenters. The van der Waals surface area contributed by atoms with Crippen LogP contribution in [0.1, 0.15) is 17.7 Å². The minimum absolute atomic E-state index is 0.594. The quantitative estimate of drug-likeness (QED) is 0.890. The Morgan fingerprint density at radius 2 is 1.94 bits per heavy atom. The van der Waals surface area contributed by atoms with E-state index in [0.29, 0.717) is 10.0 Å². The highest BCUT2D eigenvalue weighted by atomic mass is 35.5. The van der Waals surface area contributed by atoms with Crippen LogP contribution < -0.4 is 5.73 Å². The third-order valence-electron chi connectivity index (χ3n) is 2.90. The standard InChI is InChI=1S/C14H16Cl2N2/c15-13-6-5-11(9-14(13)16)10-18-8-2-4-12(18)3-1-7-17/h2,4-6,8-9H,1,3,7,10,17H2. The lowest BCUT2D eigenvalue weighted by molar-refractivity contribution is 0.710. The first kappa shape index (κ1) is 13.5. The molecule has 96 valence electrons. The average Bonchev–Trinajstić information content (AvgIpc) is 2.79. The number of hydrogen-bond donors (Lipinski definition) is 1. The fraction of sp³-hybridized carbons (Fsp3) is 0.286. The molecule has 2 N–H and O–H groups in total. The molecule has 1 heterocycles. The summed E-state index contributed by atoms with van der Waals surface area (Å²) in [5.41, 5.74) is 7.99. The molecule has 2 nitrogen and oxygen atoms in total. The molecule has 0 radical (unpaired) electrons. The van der Waals surface area contributed by atoms with Gasteiger partial charge in [-0.25, -0.2) is 0 Å². The minimum Gasteiger partial charge on any atom is -0.347 e. The van der Waals surface area contributed by atoms with Crippen LogP contribution in [0.25, 0.3) is 0 Å². The number of aromatic nitrogens is 1. The summed E-state index contributed by atoms with van der Waals surface area (Å²) in [6.45, 7) is 1.53. The summed E-state index contributed by atoms with van der Waals surface area (Å²) >= 11 is 11.9. The molecule has 4 heteroatoms. The largest absolute Gasteiger partial charge is 0.347 e. The van der Waals surface area contributed by atoms with E-state index in [2.05, 4.69) is 22.9 Å². The second-order valence-electron chi connectivity index (χ2n) is 4.27. The monoisotopic (exact) mass is 282 g/mol. The molecule has 0 saturated carbocycles. The normalized spacial score (nSPS) is 10.8. The molecule has 0 saturated heterocycles. The van der Waals surface area contributed by atoms with Crippen LogP contribution in [0.15, 0.2) is 36.5 Å². The van der Waals surface area contributed by atoms with E-state index in [0.717, 1.165) is 31.5 Å². The highest BCUT2D eigenvalue weighted by Gasteiger charge is 2.03. The van der Waals surface area contributed by atoms with Crippen LogP contribution in [0.4, 0.5) is 0 Å². The van der Waals surface area contributed by atoms with E-state index in [1.165, 1.54) is 5.69 Å². The summed E-state index contributed by atoms with van der Waals surface area (Å²) in [5, 5.41) is 1.20. The summed E-state index contributed by atoms with van der Waals surface area (Å²) in [6, 6.07) is 9.94. The maximum Gasteiger partial charge on any atom is 0.0595 e. The molecule has 0 aliphatic carbocycles. The van der Waals surface area contributed by atoms with Crippen LogP contribution in [0.2, 0.25) is 10.0 Å². The van der Waals surface area contributed by atoms with Crippen molar-refractivity contribution in [2.75, 3.05) is 6.54 Å². The molecule has 0 bridgehead atoms. The predicted molar refractivity (Wildman–Crippen MR) is 77.4 cm³/mol. The Morgan fingerprint density at radius 3 is 2.67 bits per heavy atom. The average molecular weight is 283 g/mol. The zero-order valence-corrected chi connectivity index (χ0v) is 11.6. The van der Waals surface area contributed by atoms with Crippen molar-refractivity contribution < 1.29 is 0 Å². The van der Waals surface area contributed by atoms with Gasteiger partial charge in [0.05, 0.1) is 10.0 Å². The summed E-state index contributed by atoms with van der Waals surface area (Å²) in [5.74, 6) is 0. The number of hydrogen-bond acceptors (Lipinski definition) is 1. The van der Waals surface area contributed by atoms with Crippen molar-refractivity contribution in [2.24, 2.45) is 5.73 Å². The van der Waals surface area contributed by atoms with E-state index in [4.69, 9.17) is 28.9 Å². The summed E-state index contributed by atoms with van der Waals surface area (Å²) in [4.78, 5) is 0. The van der Waals surface area contributed by atoms with Gasteiger partial charge in [-0.05, 0) is 49.2 Å². The van der Waals surface area contributed by atoms with E-state index in [9.17, 15) is 0 Å². The first-order valence-electron chi connectivity index (χ1n) is 5.98.